The molecule has 0 saturated heterocycles. The van der Waals surface area contributed by atoms with Gasteiger partial charge in [-0.2, -0.15) is 13.2 Å². The van der Waals surface area contributed by atoms with Crippen molar-refractivity contribution in [2.75, 3.05) is 11.1 Å². The summed E-state index contributed by atoms with van der Waals surface area (Å²) >= 11 is 0. The minimum absolute atomic E-state index is 0.0708. The number of anilines is 2. The molecule has 4 N–H and O–H groups in total. The number of hydrogen-bond acceptors (Lipinski definition) is 4. The normalized spacial score (nSPS) is 11.2. The highest BCUT2D eigenvalue weighted by molar-refractivity contribution is 6.06. The molecule has 2 rings (SSSR count). The highest BCUT2D eigenvalue weighted by Crippen LogP contribution is 2.34. The Hall–Kier alpha value is -2.77. The first-order valence-electron chi connectivity index (χ1n) is 5.71. The van der Waals surface area contributed by atoms with Crippen LogP contribution in [0.15, 0.2) is 36.5 Å². The van der Waals surface area contributed by atoms with Gasteiger partial charge in [-0.15, -0.1) is 0 Å². The van der Waals surface area contributed by atoms with Crippen molar-refractivity contribution in [2.45, 2.75) is 6.18 Å². The highest BCUT2D eigenvalue weighted by Gasteiger charge is 2.31. The molecule has 0 atom stereocenters. The highest BCUT2D eigenvalue weighted by atomic mass is 19.4. The number of pyridine rings is 1. The molecule has 0 aliphatic heterocycles. The van der Waals surface area contributed by atoms with E-state index in [4.69, 9.17) is 5.73 Å². The number of aromatic hydroxyl groups is 1. The minimum Gasteiger partial charge on any atom is -0.506 e. The van der Waals surface area contributed by atoms with Crippen LogP contribution in [0, 0.1) is 0 Å². The maximum Gasteiger partial charge on any atom is 0.416 e. The summed E-state index contributed by atoms with van der Waals surface area (Å²) in [4.78, 5) is 15.6. The van der Waals surface area contributed by atoms with Crippen molar-refractivity contribution in [3.63, 3.8) is 0 Å². The number of nitrogens with one attached hydrogen (secondary N) is 1. The molecule has 1 aromatic carbocycles. The number of phenols is 1. The lowest BCUT2D eigenvalue weighted by Crippen LogP contribution is -2.16. The second-order valence-corrected chi connectivity index (χ2v) is 4.13. The second kappa shape index (κ2) is 5.31. The number of aromatic nitrogens is 1. The molecule has 2 aromatic rings. The predicted molar refractivity (Wildman–Crippen MR) is 69.7 cm³/mol. The van der Waals surface area contributed by atoms with Crippen LogP contribution in [0.4, 0.5) is 24.5 Å². The molecular weight excluding hydrogens is 287 g/mol. The Bertz CT molecular complexity index is 687. The van der Waals surface area contributed by atoms with Crippen molar-refractivity contribution >= 4 is 17.3 Å². The van der Waals surface area contributed by atoms with Crippen LogP contribution < -0.4 is 11.1 Å². The monoisotopic (exact) mass is 297 g/mol. The number of carbonyl (C=O) groups excluding carboxylic acids is 1. The SMILES string of the molecule is Nc1cccnc1C(=O)Nc1cc(C(F)(F)F)ccc1O. The van der Waals surface area contributed by atoms with Gasteiger partial charge in [0.2, 0.25) is 0 Å². The zero-order valence-electron chi connectivity index (χ0n) is 10.5. The molecule has 0 aliphatic carbocycles. The van der Waals surface area contributed by atoms with Gasteiger partial charge in [-0.05, 0) is 30.3 Å². The van der Waals surface area contributed by atoms with E-state index in [1.165, 1.54) is 18.3 Å². The summed E-state index contributed by atoms with van der Waals surface area (Å²) < 4.78 is 37.8. The van der Waals surface area contributed by atoms with E-state index < -0.39 is 23.4 Å². The number of halogens is 3. The number of phenolic OH excluding ortho intramolecular Hbond substituents is 1. The van der Waals surface area contributed by atoms with E-state index in [1.54, 1.807) is 0 Å². The summed E-state index contributed by atoms with van der Waals surface area (Å²) in [6.07, 6.45) is -3.27. The second-order valence-electron chi connectivity index (χ2n) is 4.13. The lowest BCUT2D eigenvalue weighted by molar-refractivity contribution is -0.137. The fourth-order valence-electron chi connectivity index (χ4n) is 1.60. The summed E-state index contributed by atoms with van der Waals surface area (Å²) in [7, 11) is 0. The van der Waals surface area contributed by atoms with Gasteiger partial charge in [0, 0.05) is 6.20 Å². The van der Waals surface area contributed by atoms with E-state index in [0.717, 1.165) is 6.07 Å². The molecule has 0 aliphatic rings. The molecule has 0 radical (unpaired) electrons. The molecular formula is C13H10F3N3O2. The first kappa shape index (κ1) is 14.6. The molecule has 0 spiro atoms. The lowest BCUT2D eigenvalue weighted by atomic mass is 10.1. The molecule has 110 valence electrons. The maximum absolute atomic E-state index is 12.6. The molecule has 1 amide bonds. The van der Waals surface area contributed by atoms with Crippen molar-refractivity contribution in [2.24, 2.45) is 0 Å². The third kappa shape index (κ3) is 3.22. The van der Waals surface area contributed by atoms with E-state index >= 15 is 0 Å². The Morgan fingerprint density at radius 3 is 2.62 bits per heavy atom. The van der Waals surface area contributed by atoms with Crippen molar-refractivity contribution < 1.29 is 23.1 Å². The Labute approximate surface area is 117 Å². The van der Waals surface area contributed by atoms with Crippen LogP contribution in [0.3, 0.4) is 0 Å². The Morgan fingerprint density at radius 1 is 1.29 bits per heavy atom. The summed E-state index contributed by atoms with van der Waals surface area (Å²) in [6, 6.07) is 5.12. The van der Waals surface area contributed by atoms with Crippen LogP contribution >= 0.6 is 0 Å². The van der Waals surface area contributed by atoms with Crippen LogP contribution in [-0.4, -0.2) is 16.0 Å². The van der Waals surface area contributed by atoms with Crippen LogP contribution in [-0.2, 0) is 6.18 Å². The average Bonchev–Trinajstić information content (AvgIpc) is 2.40. The van der Waals surface area contributed by atoms with Crippen LogP contribution in [0.5, 0.6) is 5.75 Å². The molecule has 0 saturated carbocycles. The minimum atomic E-state index is -4.59. The maximum atomic E-state index is 12.6. The Kier molecular flexibility index (Phi) is 3.70. The van der Waals surface area contributed by atoms with Gasteiger partial charge in [0.1, 0.15) is 5.75 Å². The van der Waals surface area contributed by atoms with E-state index in [2.05, 4.69) is 10.3 Å². The smallest absolute Gasteiger partial charge is 0.416 e. The summed E-state index contributed by atoms with van der Waals surface area (Å²) in [5.74, 6) is -1.31. The van der Waals surface area contributed by atoms with Gasteiger partial charge in [0.25, 0.3) is 5.91 Å². The summed E-state index contributed by atoms with van der Waals surface area (Å²) in [5.41, 5.74) is 4.10. The predicted octanol–water partition coefficient (Wildman–Crippen LogP) is 2.64. The fourth-order valence-corrected chi connectivity index (χ4v) is 1.60. The quantitative estimate of drug-likeness (QED) is 0.743. The van der Waals surface area contributed by atoms with Gasteiger partial charge in [-0.3, -0.25) is 4.79 Å². The van der Waals surface area contributed by atoms with Gasteiger partial charge < -0.3 is 16.2 Å². The Balaban J connectivity index is 2.31. The number of alkyl halides is 3. The van der Waals surface area contributed by atoms with Gasteiger partial charge in [0.15, 0.2) is 5.69 Å². The largest absolute Gasteiger partial charge is 0.506 e. The topological polar surface area (TPSA) is 88.2 Å². The third-order valence-corrected chi connectivity index (χ3v) is 2.63. The third-order valence-electron chi connectivity index (χ3n) is 2.63. The zero-order chi connectivity index (χ0) is 15.6. The van der Waals surface area contributed by atoms with Gasteiger partial charge in [-0.1, -0.05) is 0 Å². The molecule has 0 fully saturated rings. The van der Waals surface area contributed by atoms with E-state index in [-0.39, 0.29) is 17.1 Å². The molecule has 1 heterocycles. The van der Waals surface area contributed by atoms with E-state index in [1.807, 2.05) is 0 Å². The van der Waals surface area contributed by atoms with E-state index in [9.17, 15) is 23.1 Å². The number of nitrogen functional groups attached to an aromatic ring is 1. The molecule has 0 bridgehead atoms. The number of rotatable bonds is 2. The van der Waals surface area contributed by atoms with Gasteiger partial charge in [0.05, 0.1) is 16.9 Å². The van der Waals surface area contributed by atoms with Crippen LogP contribution in [0.25, 0.3) is 0 Å². The standard InChI is InChI=1S/C13H10F3N3O2/c14-13(15,16)7-3-4-10(20)9(6-7)19-12(21)11-8(17)2-1-5-18-11/h1-6,20H,17H2,(H,19,21). The lowest BCUT2D eigenvalue weighted by Gasteiger charge is -2.11. The molecule has 21 heavy (non-hydrogen) atoms. The molecule has 8 heteroatoms. The summed E-state index contributed by atoms with van der Waals surface area (Å²) in [6.45, 7) is 0. The average molecular weight is 297 g/mol. The Morgan fingerprint density at radius 2 is 2.00 bits per heavy atom. The van der Waals surface area contributed by atoms with Crippen molar-refractivity contribution in [3.05, 3.63) is 47.8 Å². The summed E-state index contributed by atoms with van der Waals surface area (Å²) in [5, 5.41) is 11.7. The number of nitrogens with two attached hydrogens (primary N) is 1. The van der Waals surface area contributed by atoms with Crippen molar-refractivity contribution in [1.29, 1.82) is 0 Å². The molecule has 1 aromatic heterocycles. The first-order valence-corrected chi connectivity index (χ1v) is 5.71. The molecule has 5 nitrogen and oxygen atoms in total. The zero-order valence-corrected chi connectivity index (χ0v) is 10.5. The number of nitrogens with zero attached hydrogens (tertiary/aromatic N) is 1. The first-order chi connectivity index (χ1) is 9.79. The number of benzene rings is 1. The van der Waals surface area contributed by atoms with Crippen molar-refractivity contribution in [1.82, 2.24) is 4.98 Å². The van der Waals surface area contributed by atoms with E-state index in [0.29, 0.717) is 12.1 Å². The molecule has 0 unspecified atom stereocenters. The van der Waals surface area contributed by atoms with Crippen molar-refractivity contribution in [3.8, 4) is 5.75 Å². The van der Waals surface area contributed by atoms with Crippen LogP contribution in [0.1, 0.15) is 16.1 Å². The number of amides is 1. The number of carbonyl (C=O) groups is 1. The number of hydrogen-bond donors (Lipinski definition) is 3. The van der Waals surface area contributed by atoms with Crippen LogP contribution in [0.2, 0.25) is 0 Å². The van der Waals surface area contributed by atoms with Gasteiger partial charge in [-0.25, -0.2) is 4.98 Å². The fraction of sp³-hybridized carbons (Fsp3) is 0.0769. The van der Waals surface area contributed by atoms with Gasteiger partial charge >= 0.3 is 6.18 Å².